The number of hydrogen-bond acceptors (Lipinski definition) is 11. The molecule has 2 unspecified atom stereocenters. The first-order valence-corrected chi connectivity index (χ1v) is 14.5. The van der Waals surface area contributed by atoms with Crippen LogP contribution >= 0.6 is 47.0 Å². The van der Waals surface area contributed by atoms with Gasteiger partial charge in [0.1, 0.15) is 12.3 Å². The fourth-order valence-electron chi connectivity index (χ4n) is 3.78. The molecule has 0 saturated carbocycles. The SMILES string of the molecule is O=C1CN(S(=O)N2CC(=O)SC(=O)C2N2CCSCC2)C(N2CCSCC2)C(=O)S1. The smallest absolute Gasteiger partial charge is 0.229 e. The molecule has 4 aliphatic rings. The van der Waals surface area contributed by atoms with Crippen molar-refractivity contribution in [3.8, 4) is 0 Å². The van der Waals surface area contributed by atoms with Crippen molar-refractivity contribution in [2.75, 3.05) is 62.3 Å². The Labute approximate surface area is 194 Å². The highest BCUT2D eigenvalue weighted by molar-refractivity contribution is 8.26. The summed E-state index contributed by atoms with van der Waals surface area (Å²) in [6.07, 6.45) is -1.60. The number of nitrogens with zero attached hydrogens (tertiary/aromatic N) is 4. The van der Waals surface area contributed by atoms with E-state index >= 15 is 0 Å². The number of carbonyl (C=O) groups excluding carboxylic acids is 4. The molecule has 0 aromatic rings. The van der Waals surface area contributed by atoms with Crippen molar-refractivity contribution in [1.29, 1.82) is 0 Å². The van der Waals surface area contributed by atoms with Crippen molar-refractivity contribution in [2.45, 2.75) is 12.3 Å². The summed E-state index contributed by atoms with van der Waals surface area (Å²) in [6, 6.07) is 0. The third kappa shape index (κ3) is 5.01. The Bertz CT molecular complexity index is 698. The van der Waals surface area contributed by atoms with Crippen LogP contribution in [0.2, 0.25) is 0 Å². The molecular weight excluding hydrogens is 489 g/mol. The standard InChI is InChI=1S/C16H22N4O5S5/c21-11-9-19(13(15(23)28-11)17-1-5-26-6-2-17)30(25)20-10-12(22)29-16(24)14(20)18-3-7-27-8-4-18/h13-14H,1-10H2. The lowest BCUT2D eigenvalue weighted by Gasteiger charge is -2.45. The summed E-state index contributed by atoms with van der Waals surface area (Å²) in [5, 5.41) is -1.43. The van der Waals surface area contributed by atoms with Gasteiger partial charge in [0.25, 0.3) is 0 Å². The van der Waals surface area contributed by atoms with Gasteiger partial charge in [0.2, 0.25) is 20.5 Å². The molecule has 4 fully saturated rings. The molecular formula is C16H22N4O5S5. The van der Waals surface area contributed by atoms with Crippen molar-refractivity contribution in [3.63, 3.8) is 0 Å². The third-order valence-electron chi connectivity index (χ3n) is 5.15. The van der Waals surface area contributed by atoms with Crippen molar-refractivity contribution in [3.05, 3.63) is 0 Å². The quantitative estimate of drug-likeness (QED) is 0.490. The third-order valence-corrected chi connectivity index (χ3v) is 10.0. The van der Waals surface area contributed by atoms with E-state index in [1.54, 1.807) is 23.5 Å². The van der Waals surface area contributed by atoms with Crippen LogP contribution < -0.4 is 0 Å². The van der Waals surface area contributed by atoms with Crippen LogP contribution in [0.15, 0.2) is 0 Å². The number of thioether (sulfide) groups is 4. The minimum Gasteiger partial charge on any atom is -0.285 e. The van der Waals surface area contributed by atoms with E-state index in [1.165, 1.54) is 8.61 Å². The minimum absolute atomic E-state index is 0.161. The first kappa shape index (κ1) is 23.2. The predicted molar refractivity (Wildman–Crippen MR) is 122 cm³/mol. The number of carbonyl (C=O) groups is 4. The first-order valence-electron chi connectivity index (χ1n) is 9.53. The van der Waals surface area contributed by atoms with Crippen molar-refractivity contribution < 1.29 is 23.4 Å². The van der Waals surface area contributed by atoms with Crippen LogP contribution in [0.4, 0.5) is 0 Å². The zero-order valence-corrected chi connectivity index (χ0v) is 20.2. The molecule has 0 spiro atoms. The largest absolute Gasteiger partial charge is 0.285 e. The Morgan fingerprint density at radius 2 is 1.03 bits per heavy atom. The van der Waals surface area contributed by atoms with Crippen LogP contribution in [-0.2, 0) is 30.3 Å². The molecule has 9 nitrogen and oxygen atoms in total. The molecule has 0 N–H and O–H groups in total. The topological polar surface area (TPSA) is 98.3 Å². The second-order valence-electron chi connectivity index (χ2n) is 7.01. The Morgan fingerprint density at radius 1 is 0.667 bits per heavy atom. The number of hydrogen-bond donors (Lipinski definition) is 0. The van der Waals surface area contributed by atoms with Gasteiger partial charge < -0.3 is 0 Å². The zero-order valence-electron chi connectivity index (χ0n) is 16.1. The van der Waals surface area contributed by atoms with Crippen molar-refractivity contribution in [1.82, 2.24) is 18.4 Å². The fraction of sp³-hybridized carbons (Fsp3) is 0.750. The maximum atomic E-state index is 13.7. The molecule has 0 aromatic carbocycles. The average molecular weight is 511 g/mol. The summed E-state index contributed by atoms with van der Waals surface area (Å²) < 4.78 is 16.5. The highest BCUT2D eigenvalue weighted by Gasteiger charge is 2.48. The molecule has 166 valence electrons. The Kier molecular flexibility index (Phi) is 8.01. The summed E-state index contributed by atoms with van der Waals surface area (Å²) in [6.45, 7) is 2.31. The van der Waals surface area contributed by atoms with Crippen molar-refractivity contribution >= 4 is 78.7 Å². The van der Waals surface area contributed by atoms with Gasteiger partial charge in [-0.3, -0.25) is 29.0 Å². The molecule has 4 rings (SSSR count). The second-order valence-corrected chi connectivity index (χ2v) is 13.0. The molecule has 0 amide bonds. The summed E-state index contributed by atoms with van der Waals surface area (Å²) >= 11 is 2.94. The molecule has 14 heteroatoms. The van der Waals surface area contributed by atoms with Crippen LogP contribution in [0.3, 0.4) is 0 Å². The summed E-state index contributed by atoms with van der Waals surface area (Å²) in [5.74, 6) is 3.42. The molecule has 0 radical (unpaired) electrons. The van der Waals surface area contributed by atoms with Crippen LogP contribution in [-0.4, -0.2) is 118 Å². The molecule has 0 aliphatic carbocycles. The van der Waals surface area contributed by atoms with Crippen LogP contribution in [0.1, 0.15) is 0 Å². The van der Waals surface area contributed by atoms with Gasteiger partial charge in [-0.15, -0.1) is 0 Å². The Balaban J connectivity index is 1.62. The van der Waals surface area contributed by atoms with E-state index < -0.39 is 23.5 Å². The average Bonchev–Trinajstić information content (AvgIpc) is 2.73. The van der Waals surface area contributed by atoms with Crippen LogP contribution in [0, 0.1) is 0 Å². The van der Waals surface area contributed by atoms with E-state index in [9.17, 15) is 23.4 Å². The predicted octanol–water partition coefficient (Wildman–Crippen LogP) is -0.481. The van der Waals surface area contributed by atoms with Gasteiger partial charge in [-0.05, 0) is 23.5 Å². The van der Waals surface area contributed by atoms with Gasteiger partial charge in [0.05, 0.1) is 13.1 Å². The minimum atomic E-state index is -1.98. The first-order chi connectivity index (χ1) is 14.5. The maximum absolute atomic E-state index is 13.7. The van der Waals surface area contributed by atoms with Gasteiger partial charge in [-0.25, -0.2) is 4.21 Å². The summed E-state index contributed by atoms with van der Waals surface area (Å²) in [4.78, 5) is 53.8. The van der Waals surface area contributed by atoms with Gasteiger partial charge in [0.15, 0.2) is 11.2 Å². The second kappa shape index (κ2) is 10.3. The van der Waals surface area contributed by atoms with Crippen molar-refractivity contribution in [2.24, 2.45) is 0 Å². The van der Waals surface area contributed by atoms with E-state index in [4.69, 9.17) is 0 Å². The highest BCUT2D eigenvalue weighted by Crippen LogP contribution is 2.31. The van der Waals surface area contributed by atoms with E-state index in [0.29, 0.717) is 49.7 Å². The lowest BCUT2D eigenvalue weighted by molar-refractivity contribution is -0.123. The lowest BCUT2D eigenvalue weighted by Crippen LogP contribution is -2.65. The molecule has 4 saturated heterocycles. The van der Waals surface area contributed by atoms with E-state index in [-0.39, 0.29) is 33.6 Å². The molecule has 0 bridgehead atoms. The Hall–Kier alpha value is 0.0700. The summed E-state index contributed by atoms with van der Waals surface area (Å²) in [7, 11) is 0. The maximum Gasteiger partial charge on any atom is 0.229 e. The molecule has 0 aromatic heterocycles. The molecule has 2 atom stereocenters. The molecule has 4 aliphatic heterocycles. The monoisotopic (exact) mass is 510 g/mol. The lowest BCUT2D eigenvalue weighted by atomic mass is 10.4. The normalized spacial score (nSPS) is 32.5. The Morgan fingerprint density at radius 3 is 1.40 bits per heavy atom. The highest BCUT2D eigenvalue weighted by atomic mass is 32.2. The fourth-order valence-corrected chi connectivity index (χ4v) is 9.08. The number of rotatable bonds is 4. The zero-order chi connectivity index (χ0) is 21.3. The summed E-state index contributed by atoms with van der Waals surface area (Å²) in [5.41, 5.74) is 0. The molecule has 4 heterocycles. The van der Waals surface area contributed by atoms with E-state index in [1.807, 2.05) is 9.80 Å². The van der Waals surface area contributed by atoms with Gasteiger partial charge in [-0.2, -0.15) is 32.1 Å². The van der Waals surface area contributed by atoms with Gasteiger partial charge >= 0.3 is 0 Å². The van der Waals surface area contributed by atoms with Gasteiger partial charge in [0, 0.05) is 49.2 Å². The van der Waals surface area contributed by atoms with Crippen LogP contribution in [0.25, 0.3) is 0 Å². The van der Waals surface area contributed by atoms with E-state index in [0.717, 1.165) is 23.0 Å². The van der Waals surface area contributed by atoms with Crippen LogP contribution in [0.5, 0.6) is 0 Å². The van der Waals surface area contributed by atoms with E-state index in [2.05, 4.69) is 0 Å². The van der Waals surface area contributed by atoms with Gasteiger partial charge in [-0.1, -0.05) is 0 Å². The molecule has 30 heavy (non-hydrogen) atoms.